The van der Waals surface area contributed by atoms with Gasteiger partial charge in [0, 0.05) is 18.8 Å². The van der Waals surface area contributed by atoms with Crippen molar-refractivity contribution in [2.75, 3.05) is 13.7 Å². The first kappa shape index (κ1) is 14.9. The first-order valence-electron chi connectivity index (χ1n) is 7.84. The zero-order valence-corrected chi connectivity index (χ0v) is 13.3. The van der Waals surface area contributed by atoms with Crippen LogP contribution < -0.4 is 9.47 Å². The lowest BCUT2D eigenvalue weighted by Gasteiger charge is -2.32. The topological polar surface area (TPSA) is 51.1 Å². The van der Waals surface area contributed by atoms with Crippen LogP contribution in [-0.2, 0) is 0 Å². The summed E-state index contributed by atoms with van der Waals surface area (Å²) in [7, 11) is 1.59. The average Bonchev–Trinajstić information content (AvgIpc) is 2.64. The summed E-state index contributed by atoms with van der Waals surface area (Å²) in [5.41, 5.74) is 1.25. The van der Waals surface area contributed by atoms with Gasteiger partial charge in [-0.05, 0) is 39.2 Å². The molecule has 0 N–H and O–H groups in total. The number of amides is 1. The van der Waals surface area contributed by atoms with Gasteiger partial charge in [0.25, 0.3) is 5.91 Å². The van der Waals surface area contributed by atoms with E-state index in [4.69, 9.17) is 9.47 Å². The van der Waals surface area contributed by atoms with Crippen molar-refractivity contribution in [1.82, 2.24) is 4.90 Å². The second-order valence-electron chi connectivity index (χ2n) is 6.03. The molecule has 1 amide bonds. The summed E-state index contributed by atoms with van der Waals surface area (Å²) in [6, 6.07) is 3.67. The summed E-state index contributed by atoms with van der Waals surface area (Å²) in [4.78, 5) is 19.3. The fourth-order valence-electron chi connectivity index (χ4n) is 3.02. The number of piperidine rings is 1. The zero-order valence-electron chi connectivity index (χ0n) is 13.3. The number of hydrogen-bond donors (Lipinski definition) is 0. The molecule has 5 nitrogen and oxygen atoms in total. The summed E-state index contributed by atoms with van der Waals surface area (Å²) in [5, 5.41) is 0. The SMILES string of the molecule is COc1cc2c(cc1OC(C)C)N=C[C@@H]1CCCCN1C2=O. The molecular formula is C17H22N2O3. The first-order chi connectivity index (χ1) is 10.6. The monoisotopic (exact) mass is 302 g/mol. The molecule has 0 radical (unpaired) electrons. The van der Waals surface area contributed by atoms with Crippen LogP contribution in [0.1, 0.15) is 43.5 Å². The molecule has 2 heterocycles. The highest BCUT2D eigenvalue weighted by Crippen LogP contribution is 2.38. The molecular weight excluding hydrogens is 280 g/mol. The van der Waals surface area contributed by atoms with Crippen LogP contribution in [0, 0.1) is 0 Å². The number of benzene rings is 1. The Hall–Kier alpha value is -2.04. The minimum atomic E-state index is 0.0312. The molecule has 22 heavy (non-hydrogen) atoms. The average molecular weight is 302 g/mol. The molecule has 0 aromatic heterocycles. The smallest absolute Gasteiger partial charge is 0.256 e. The summed E-state index contributed by atoms with van der Waals surface area (Å²) in [6.45, 7) is 4.71. The fourth-order valence-corrected chi connectivity index (χ4v) is 3.02. The van der Waals surface area contributed by atoms with Crippen molar-refractivity contribution in [3.05, 3.63) is 17.7 Å². The second-order valence-corrected chi connectivity index (χ2v) is 6.03. The minimum Gasteiger partial charge on any atom is -0.493 e. The van der Waals surface area contributed by atoms with Crippen LogP contribution in [0.4, 0.5) is 5.69 Å². The summed E-state index contributed by atoms with van der Waals surface area (Å²) >= 11 is 0. The highest BCUT2D eigenvalue weighted by Gasteiger charge is 2.31. The number of fused-ring (bicyclic) bond motifs is 2. The van der Waals surface area contributed by atoms with E-state index in [1.54, 1.807) is 19.2 Å². The van der Waals surface area contributed by atoms with Gasteiger partial charge >= 0.3 is 0 Å². The van der Waals surface area contributed by atoms with E-state index in [0.717, 1.165) is 25.8 Å². The number of ether oxygens (including phenoxy) is 2. The summed E-state index contributed by atoms with van der Waals surface area (Å²) in [5.74, 6) is 1.24. The van der Waals surface area contributed by atoms with Crippen molar-refractivity contribution < 1.29 is 14.3 Å². The Bertz CT molecular complexity index is 610. The van der Waals surface area contributed by atoms with Crippen molar-refractivity contribution in [3.63, 3.8) is 0 Å². The number of methoxy groups -OCH3 is 1. The third-order valence-electron chi connectivity index (χ3n) is 4.07. The highest BCUT2D eigenvalue weighted by atomic mass is 16.5. The molecule has 1 atom stereocenters. The van der Waals surface area contributed by atoms with Gasteiger partial charge in [0.05, 0.1) is 30.5 Å². The number of aliphatic imine (C=N–C) groups is 1. The molecule has 1 aromatic rings. The Labute approximate surface area is 130 Å². The Kier molecular flexibility index (Phi) is 4.05. The van der Waals surface area contributed by atoms with E-state index in [1.807, 2.05) is 25.0 Å². The molecule has 0 saturated carbocycles. The van der Waals surface area contributed by atoms with Gasteiger partial charge in [0.2, 0.25) is 0 Å². The molecule has 2 aliphatic heterocycles. The molecule has 0 bridgehead atoms. The van der Waals surface area contributed by atoms with Crippen LogP contribution in [0.25, 0.3) is 0 Å². The van der Waals surface area contributed by atoms with Crippen molar-refractivity contribution >= 4 is 17.8 Å². The third kappa shape index (κ3) is 2.67. The van der Waals surface area contributed by atoms with Gasteiger partial charge in [0.15, 0.2) is 11.5 Å². The van der Waals surface area contributed by atoms with E-state index in [1.165, 1.54) is 0 Å². The molecule has 1 saturated heterocycles. The van der Waals surface area contributed by atoms with Crippen LogP contribution in [0.5, 0.6) is 11.5 Å². The van der Waals surface area contributed by atoms with Crippen LogP contribution in [-0.4, -0.2) is 42.8 Å². The van der Waals surface area contributed by atoms with Crippen molar-refractivity contribution in [2.24, 2.45) is 4.99 Å². The quantitative estimate of drug-likeness (QED) is 0.861. The van der Waals surface area contributed by atoms with E-state index >= 15 is 0 Å². The van der Waals surface area contributed by atoms with Gasteiger partial charge in [-0.25, -0.2) is 0 Å². The van der Waals surface area contributed by atoms with Crippen LogP contribution in [0.15, 0.2) is 17.1 Å². The van der Waals surface area contributed by atoms with E-state index in [-0.39, 0.29) is 18.1 Å². The molecule has 5 heteroatoms. The van der Waals surface area contributed by atoms with Gasteiger partial charge in [0.1, 0.15) is 0 Å². The van der Waals surface area contributed by atoms with Gasteiger partial charge in [-0.1, -0.05) is 0 Å². The number of hydrogen-bond acceptors (Lipinski definition) is 4. The van der Waals surface area contributed by atoms with E-state index in [0.29, 0.717) is 22.7 Å². The molecule has 118 valence electrons. The Morgan fingerprint density at radius 1 is 1.27 bits per heavy atom. The molecule has 1 aromatic carbocycles. The normalized spacial score (nSPS) is 20.5. The lowest BCUT2D eigenvalue weighted by atomic mass is 10.0. The lowest BCUT2D eigenvalue weighted by molar-refractivity contribution is 0.0688. The Balaban J connectivity index is 2.04. The second kappa shape index (κ2) is 5.99. The molecule has 0 aliphatic carbocycles. The van der Waals surface area contributed by atoms with E-state index in [2.05, 4.69) is 4.99 Å². The van der Waals surface area contributed by atoms with Gasteiger partial charge in [-0.3, -0.25) is 9.79 Å². The number of carbonyl (C=O) groups excluding carboxylic acids is 1. The van der Waals surface area contributed by atoms with Gasteiger partial charge in [-0.2, -0.15) is 0 Å². The largest absolute Gasteiger partial charge is 0.493 e. The molecule has 0 spiro atoms. The van der Waals surface area contributed by atoms with Gasteiger partial charge in [-0.15, -0.1) is 0 Å². The zero-order chi connectivity index (χ0) is 15.7. The molecule has 3 rings (SSSR count). The Morgan fingerprint density at radius 3 is 2.82 bits per heavy atom. The van der Waals surface area contributed by atoms with Crippen molar-refractivity contribution in [2.45, 2.75) is 45.3 Å². The van der Waals surface area contributed by atoms with E-state index < -0.39 is 0 Å². The highest BCUT2D eigenvalue weighted by molar-refractivity contribution is 6.03. The van der Waals surface area contributed by atoms with Crippen LogP contribution >= 0.6 is 0 Å². The van der Waals surface area contributed by atoms with E-state index in [9.17, 15) is 4.79 Å². The number of carbonyl (C=O) groups is 1. The lowest BCUT2D eigenvalue weighted by Crippen LogP contribution is -2.43. The van der Waals surface area contributed by atoms with Crippen molar-refractivity contribution in [3.8, 4) is 11.5 Å². The maximum absolute atomic E-state index is 12.8. The number of nitrogens with zero attached hydrogens (tertiary/aromatic N) is 2. The van der Waals surface area contributed by atoms with Crippen molar-refractivity contribution in [1.29, 1.82) is 0 Å². The first-order valence-corrected chi connectivity index (χ1v) is 7.84. The Morgan fingerprint density at radius 2 is 2.09 bits per heavy atom. The summed E-state index contributed by atoms with van der Waals surface area (Å²) in [6.07, 6.45) is 5.10. The molecule has 1 fully saturated rings. The van der Waals surface area contributed by atoms with Crippen LogP contribution in [0.2, 0.25) is 0 Å². The minimum absolute atomic E-state index is 0.0312. The predicted octanol–water partition coefficient (Wildman–Crippen LogP) is 3.19. The predicted molar refractivity (Wildman–Crippen MR) is 85.6 cm³/mol. The molecule has 0 unspecified atom stereocenters. The maximum Gasteiger partial charge on any atom is 0.256 e. The van der Waals surface area contributed by atoms with Crippen LogP contribution in [0.3, 0.4) is 0 Å². The maximum atomic E-state index is 12.8. The van der Waals surface area contributed by atoms with Gasteiger partial charge < -0.3 is 14.4 Å². The fraction of sp³-hybridized carbons (Fsp3) is 0.529. The third-order valence-corrected chi connectivity index (χ3v) is 4.07. The standard InChI is InChI=1S/C17H22N2O3/c1-11(2)22-16-9-14-13(8-15(16)21-3)17(20)19-7-5-4-6-12(19)10-18-14/h8-12H,4-7H2,1-3H3/t12-/m0/s1. The summed E-state index contributed by atoms with van der Waals surface area (Å²) < 4.78 is 11.2. The number of rotatable bonds is 3. The molecule has 2 aliphatic rings.